The second-order valence-electron chi connectivity index (χ2n) is 8.15. The van der Waals surface area contributed by atoms with E-state index in [0.29, 0.717) is 33.8 Å². The van der Waals surface area contributed by atoms with Crippen LogP contribution < -0.4 is 14.8 Å². The molecular formula is C30H21BrFIN2O3. The van der Waals surface area contributed by atoms with E-state index in [9.17, 15) is 14.4 Å². The Hall–Kier alpha value is -3.68. The summed E-state index contributed by atoms with van der Waals surface area (Å²) in [6.07, 6.45) is 1.52. The Kier molecular flexibility index (Phi) is 9.51. The third-order valence-electron chi connectivity index (χ3n) is 5.35. The first-order chi connectivity index (χ1) is 18.4. The Morgan fingerprint density at radius 3 is 2.26 bits per heavy atom. The van der Waals surface area contributed by atoms with Crippen molar-refractivity contribution in [1.29, 1.82) is 5.26 Å². The molecule has 1 N–H and O–H groups in total. The van der Waals surface area contributed by atoms with Crippen molar-refractivity contribution in [3.05, 3.63) is 127 Å². The van der Waals surface area contributed by atoms with Crippen LogP contribution in [0, 0.1) is 20.7 Å². The zero-order chi connectivity index (χ0) is 26.9. The van der Waals surface area contributed by atoms with Gasteiger partial charge in [0.2, 0.25) is 0 Å². The van der Waals surface area contributed by atoms with Crippen LogP contribution in [0.15, 0.2) is 101 Å². The highest BCUT2D eigenvalue weighted by Gasteiger charge is 2.13. The van der Waals surface area contributed by atoms with Gasteiger partial charge >= 0.3 is 0 Å². The Morgan fingerprint density at radius 1 is 0.947 bits per heavy atom. The molecule has 0 aliphatic rings. The number of hydrogen-bond acceptors (Lipinski definition) is 4. The smallest absolute Gasteiger partial charge is 0.266 e. The van der Waals surface area contributed by atoms with Crippen molar-refractivity contribution in [3.63, 3.8) is 0 Å². The molecule has 0 saturated heterocycles. The van der Waals surface area contributed by atoms with Crippen LogP contribution in [0.4, 0.5) is 10.1 Å². The molecule has 0 aromatic heterocycles. The molecule has 0 aliphatic carbocycles. The predicted octanol–water partition coefficient (Wildman–Crippen LogP) is 7.90. The first-order valence-corrected chi connectivity index (χ1v) is 13.3. The largest absolute Gasteiger partial charge is 0.489 e. The maximum Gasteiger partial charge on any atom is 0.266 e. The van der Waals surface area contributed by atoms with Crippen molar-refractivity contribution >= 4 is 56.2 Å². The van der Waals surface area contributed by atoms with Crippen molar-refractivity contribution in [2.45, 2.75) is 13.2 Å². The predicted molar refractivity (Wildman–Crippen MR) is 157 cm³/mol. The second-order valence-corrected chi connectivity index (χ2v) is 10.2. The minimum Gasteiger partial charge on any atom is -0.489 e. The van der Waals surface area contributed by atoms with Crippen molar-refractivity contribution < 1.29 is 18.7 Å². The topological polar surface area (TPSA) is 71.3 Å². The summed E-state index contributed by atoms with van der Waals surface area (Å²) in [7, 11) is 0. The number of rotatable bonds is 9. The third-order valence-corrected chi connectivity index (χ3v) is 6.74. The van der Waals surface area contributed by atoms with Crippen molar-refractivity contribution in [2.75, 3.05) is 5.32 Å². The number of nitriles is 1. The molecule has 4 aromatic carbocycles. The molecule has 0 aliphatic heterocycles. The van der Waals surface area contributed by atoms with Crippen LogP contribution in [0.5, 0.6) is 11.5 Å². The van der Waals surface area contributed by atoms with Crippen molar-refractivity contribution in [3.8, 4) is 17.6 Å². The summed E-state index contributed by atoms with van der Waals surface area (Å²) in [5.41, 5.74) is 3.05. The van der Waals surface area contributed by atoms with Gasteiger partial charge in [0.05, 0.1) is 8.04 Å². The quantitative estimate of drug-likeness (QED) is 0.111. The number of anilines is 1. The number of nitrogens with one attached hydrogen (secondary N) is 1. The fourth-order valence-electron chi connectivity index (χ4n) is 3.43. The van der Waals surface area contributed by atoms with Crippen LogP contribution in [-0.2, 0) is 18.0 Å². The molecule has 0 fully saturated rings. The van der Waals surface area contributed by atoms with Gasteiger partial charge in [-0.1, -0.05) is 42.5 Å². The summed E-state index contributed by atoms with van der Waals surface area (Å²) in [6, 6.07) is 28.4. The minimum absolute atomic E-state index is 0.0444. The highest BCUT2D eigenvalue weighted by Crippen LogP contribution is 2.33. The van der Waals surface area contributed by atoms with E-state index in [-0.39, 0.29) is 18.0 Å². The van der Waals surface area contributed by atoms with E-state index >= 15 is 0 Å². The van der Waals surface area contributed by atoms with Gasteiger partial charge in [-0.3, -0.25) is 4.79 Å². The van der Waals surface area contributed by atoms with Gasteiger partial charge in [-0.2, -0.15) is 5.26 Å². The molecule has 1 amide bonds. The van der Waals surface area contributed by atoms with Gasteiger partial charge in [-0.05, 0) is 110 Å². The monoisotopic (exact) mass is 682 g/mol. The molecule has 0 bridgehead atoms. The van der Waals surface area contributed by atoms with Crippen LogP contribution in [-0.4, -0.2) is 5.91 Å². The zero-order valence-corrected chi connectivity index (χ0v) is 23.7. The SMILES string of the molecule is N#C/C(=C\c1cc(Br)c(OCc2ccc(F)cc2)c(I)c1)C(=O)Nc1ccc(OCc2ccccc2)cc1. The van der Waals surface area contributed by atoms with E-state index in [1.165, 1.54) is 18.2 Å². The Morgan fingerprint density at radius 2 is 1.61 bits per heavy atom. The molecule has 4 rings (SSSR count). The molecule has 0 atom stereocenters. The maximum absolute atomic E-state index is 13.1. The van der Waals surface area contributed by atoms with E-state index in [4.69, 9.17) is 9.47 Å². The average Bonchev–Trinajstić information content (AvgIpc) is 2.92. The number of benzene rings is 4. The van der Waals surface area contributed by atoms with Gasteiger partial charge in [0, 0.05) is 5.69 Å². The first-order valence-electron chi connectivity index (χ1n) is 11.5. The Balaban J connectivity index is 1.39. The van der Waals surface area contributed by atoms with E-state index < -0.39 is 5.91 Å². The standard InChI is InChI=1S/C30H21BrFIN2O3/c31-27-15-22(16-28(33)29(27)38-19-21-6-8-24(32)9-7-21)14-23(17-34)30(36)35-25-10-12-26(13-11-25)37-18-20-4-2-1-3-5-20/h1-16H,18-19H2,(H,35,36)/b23-14+. The van der Waals surface area contributed by atoms with Gasteiger partial charge < -0.3 is 14.8 Å². The summed E-state index contributed by atoms with van der Waals surface area (Å²) < 4.78 is 26.3. The summed E-state index contributed by atoms with van der Waals surface area (Å²) in [6.45, 7) is 0.713. The molecule has 190 valence electrons. The zero-order valence-electron chi connectivity index (χ0n) is 20.0. The minimum atomic E-state index is -0.520. The molecule has 38 heavy (non-hydrogen) atoms. The van der Waals surface area contributed by atoms with Gasteiger partial charge in [0.15, 0.2) is 0 Å². The normalized spacial score (nSPS) is 10.9. The highest BCUT2D eigenvalue weighted by molar-refractivity contribution is 14.1. The Labute approximate surface area is 242 Å². The first kappa shape index (κ1) is 27.4. The lowest BCUT2D eigenvalue weighted by Gasteiger charge is -2.12. The number of ether oxygens (including phenoxy) is 2. The van der Waals surface area contributed by atoms with Gasteiger partial charge in [0.1, 0.15) is 42.2 Å². The molecule has 8 heteroatoms. The summed E-state index contributed by atoms with van der Waals surface area (Å²) in [5.74, 6) is 0.463. The molecule has 4 aromatic rings. The Bertz CT molecular complexity index is 1460. The molecule has 0 spiro atoms. The fourth-order valence-corrected chi connectivity index (χ4v) is 5.19. The van der Waals surface area contributed by atoms with E-state index in [1.54, 1.807) is 42.5 Å². The summed E-state index contributed by atoms with van der Waals surface area (Å²) >= 11 is 5.63. The number of hydrogen-bond donors (Lipinski definition) is 1. The molecule has 0 radical (unpaired) electrons. The second kappa shape index (κ2) is 13.2. The number of nitrogens with zero attached hydrogens (tertiary/aromatic N) is 1. The lowest BCUT2D eigenvalue weighted by atomic mass is 10.1. The maximum atomic E-state index is 13.1. The van der Waals surface area contributed by atoms with Crippen LogP contribution in [0.2, 0.25) is 0 Å². The van der Waals surface area contributed by atoms with Gasteiger partial charge in [-0.25, -0.2) is 4.39 Å². The van der Waals surface area contributed by atoms with E-state index in [2.05, 4.69) is 43.8 Å². The van der Waals surface area contributed by atoms with E-state index in [1.807, 2.05) is 42.5 Å². The molecule has 0 unspecified atom stereocenters. The lowest BCUT2D eigenvalue weighted by Crippen LogP contribution is -2.13. The number of carbonyl (C=O) groups excluding carboxylic acids is 1. The molecule has 0 saturated carbocycles. The van der Waals surface area contributed by atoms with Crippen LogP contribution in [0.3, 0.4) is 0 Å². The van der Waals surface area contributed by atoms with Gasteiger partial charge in [0.25, 0.3) is 5.91 Å². The van der Waals surface area contributed by atoms with Crippen molar-refractivity contribution in [2.24, 2.45) is 0 Å². The number of carbonyl (C=O) groups is 1. The van der Waals surface area contributed by atoms with Gasteiger partial charge in [-0.15, -0.1) is 0 Å². The average molecular weight is 683 g/mol. The number of amides is 1. The molecular weight excluding hydrogens is 662 g/mol. The van der Waals surface area contributed by atoms with Crippen LogP contribution >= 0.6 is 38.5 Å². The van der Waals surface area contributed by atoms with E-state index in [0.717, 1.165) is 14.7 Å². The molecule has 5 nitrogen and oxygen atoms in total. The summed E-state index contributed by atoms with van der Waals surface area (Å²) in [4.78, 5) is 12.8. The molecule has 0 heterocycles. The highest BCUT2D eigenvalue weighted by atomic mass is 127. The lowest BCUT2D eigenvalue weighted by molar-refractivity contribution is -0.112. The number of halogens is 3. The fraction of sp³-hybridized carbons (Fsp3) is 0.0667. The van der Waals surface area contributed by atoms with Crippen LogP contribution in [0.25, 0.3) is 6.08 Å². The van der Waals surface area contributed by atoms with Crippen molar-refractivity contribution in [1.82, 2.24) is 0 Å². The summed E-state index contributed by atoms with van der Waals surface area (Å²) in [5, 5.41) is 12.4. The third kappa shape index (κ3) is 7.66. The van der Waals surface area contributed by atoms with Crippen LogP contribution in [0.1, 0.15) is 16.7 Å².